The largest absolute Gasteiger partial charge is 0.354 e. The molecule has 2 aliphatic heterocycles. The molecule has 188 valence electrons. The van der Waals surface area contributed by atoms with Crippen molar-refractivity contribution in [2.24, 2.45) is 0 Å². The summed E-state index contributed by atoms with van der Waals surface area (Å²) in [6.07, 6.45) is 10.7. The van der Waals surface area contributed by atoms with Gasteiger partial charge in [0.05, 0.1) is 11.9 Å². The number of carbonyl (C=O) groups excluding carboxylic acids is 2. The van der Waals surface area contributed by atoms with E-state index in [2.05, 4.69) is 37.1 Å². The minimum atomic E-state index is -0.117. The van der Waals surface area contributed by atoms with E-state index in [1.165, 1.54) is 0 Å². The third-order valence-corrected chi connectivity index (χ3v) is 8.11. The Morgan fingerprint density at radius 1 is 1.03 bits per heavy atom. The Kier molecular flexibility index (Phi) is 5.83. The van der Waals surface area contributed by atoms with Crippen molar-refractivity contribution in [1.82, 2.24) is 29.7 Å². The normalized spacial score (nSPS) is 22.8. The van der Waals surface area contributed by atoms with Gasteiger partial charge in [0.2, 0.25) is 11.9 Å². The van der Waals surface area contributed by atoms with Crippen LogP contribution in [0.2, 0.25) is 0 Å². The van der Waals surface area contributed by atoms with Crippen LogP contribution >= 0.6 is 0 Å². The van der Waals surface area contributed by atoms with Crippen LogP contribution in [-0.2, 0) is 4.79 Å². The third-order valence-electron chi connectivity index (χ3n) is 8.11. The number of hydrogen-bond donors (Lipinski definition) is 2. The van der Waals surface area contributed by atoms with E-state index in [1.54, 1.807) is 19.4 Å². The molecular weight excluding hydrogens is 456 g/mol. The van der Waals surface area contributed by atoms with Crippen LogP contribution in [-0.4, -0.2) is 69.0 Å². The number of aromatic nitrogens is 4. The van der Waals surface area contributed by atoms with E-state index >= 15 is 0 Å². The maximum Gasteiger partial charge on any atom is 0.267 e. The van der Waals surface area contributed by atoms with Crippen molar-refractivity contribution in [2.75, 3.05) is 30.9 Å². The van der Waals surface area contributed by atoms with Gasteiger partial charge in [-0.15, -0.1) is 0 Å². The molecule has 1 aliphatic carbocycles. The van der Waals surface area contributed by atoms with Gasteiger partial charge in [-0.25, -0.2) is 9.97 Å². The van der Waals surface area contributed by atoms with Crippen LogP contribution in [0.15, 0.2) is 30.6 Å². The summed E-state index contributed by atoms with van der Waals surface area (Å²) in [5, 5.41) is 6.78. The average Bonchev–Trinajstić information content (AvgIpc) is 3.60. The van der Waals surface area contributed by atoms with Crippen LogP contribution in [0, 0.1) is 0 Å². The van der Waals surface area contributed by atoms with Crippen molar-refractivity contribution < 1.29 is 9.59 Å². The fraction of sp³-hybridized carbons (Fsp3) is 0.500. The molecule has 6 rings (SSSR count). The van der Waals surface area contributed by atoms with Gasteiger partial charge in [-0.2, -0.15) is 4.98 Å². The quantitative estimate of drug-likeness (QED) is 0.568. The molecule has 36 heavy (non-hydrogen) atoms. The molecular formula is C26H32N8O2. The third kappa shape index (κ3) is 3.99. The first-order valence-corrected chi connectivity index (χ1v) is 12.9. The molecule has 3 fully saturated rings. The molecule has 2 atom stereocenters. The number of nitrogens with one attached hydrogen (secondary N) is 2. The topological polar surface area (TPSA) is 108 Å². The van der Waals surface area contributed by atoms with Crippen molar-refractivity contribution in [3.63, 3.8) is 0 Å². The van der Waals surface area contributed by atoms with Crippen LogP contribution in [0.4, 0.5) is 17.5 Å². The van der Waals surface area contributed by atoms with Gasteiger partial charge >= 0.3 is 0 Å². The minimum absolute atomic E-state index is 0.117. The second-order valence-electron chi connectivity index (χ2n) is 10.2. The lowest BCUT2D eigenvalue weighted by Crippen LogP contribution is -2.38. The molecule has 2 bridgehead atoms. The summed E-state index contributed by atoms with van der Waals surface area (Å²) >= 11 is 0. The van der Waals surface area contributed by atoms with E-state index in [1.807, 2.05) is 23.1 Å². The fourth-order valence-corrected chi connectivity index (χ4v) is 6.07. The van der Waals surface area contributed by atoms with E-state index in [9.17, 15) is 9.59 Å². The van der Waals surface area contributed by atoms with E-state index in [-0.39, 0.29) is 17.9 Å². The van der Waals surface area contributed by atoms with Gasteiger partial charge in [0, 0.05) is 49.7 Å². The average molecular weight is 489 g/mol. The van der Waals surface area contributed by atoms with Crippen LogP contribution in [0.1, 0.15) is 61.5 Å². The van der Waals surface area contributed by atoms with Gasteiger partial charge in [-0.05, 0) is 50.9 Å². The molecule has 10 nitrogen and oxygen atoms in total. The number of anilines is 3. The Hall–Kier alpha value is -3.53. The van der Waals surface area contributed by atoms with Crippen molar-refractivity contribution in [1.29, 1.82) is 0 Å². The van der Waals surface area contributed by atoms with Crippen LogP contribution in [0.25, 0.3) is 11.0 Å². The lowest BCUT2D eigenvalue weighted by atomic mass is 10.1. The van der Waals surface area contributed by atoms with Crippen molar-refractivity contribution in [3.05, 3.63) is 36.3 Å². The molecule has 3 aromatic rings. The number of amides is 2. The molecule has 0 spiro atoms. The molecule has 2 saturated heterocycles. The van der Waals surface area contributed by atoms with Crippen molar-refractivity contribution in [3.8, 4) is 0 Å². The second kappa shape index (κ2) is 9.16. The number of fused-ring (bicyclic) bond motifs is 3. The Balaban J connectivity index is 1.25. The van der Waals surface area contributed by atoms with Gasteiger partial charge < -0.3 is 20.1 Å². The predicted molar refractivity (Wildman–Crippen MR) is 137 cm³/mol. The standard InChI is InChI=1S/C26H32N8O2/c1-27-25(36)21-11-16-13-29-26(31-24(16)34(21)17-5-3-4-6-17)30-22-10-9-19(14-28-22)33-15-20-8-7-18(32(20)2)12-23(33)35/h9-11,13-14,17-18,20H,3-8,12,15H2,1-2H3,(H,27,36)(H,28,29,30,31)/t18-,20+/m0/s1. The lowest BCUT2D eigenvalue weighted by Gasteiger charge is -2.25. The number of pyridine rings is 1. The molecule has 0 unspecified atom stereocenters. The predicted octanol–water partition coefficient (Wildman–Crippen LogP) is 3.24. The van der Waals surface area contributed by atoms with E-state index in [4.69, 9.17) is 4.98 Å². The summed E-state index contributed by atoms with van der Waals surface area (Å²) in [4.78, 5) is 43.4. The smallest absolute Gasteiger partial charge is 0.267 e. The van der Waals surface area contributed by atoms with E-state index < -0.39 is 0 Å². The number of rotatable bonds is 5. The zero-order chi connectivity index (χ0) is 24.8. The van der Waals surface area contributed by atoms with Crippen LogP contribution < -0.4 is 15.5 Å². The van der Waals surface area contributed by atoms with Gasteiger partial charge in [-0.3, -0.25) is 14.5 Å². The Morgan fingerprint density at radius 3 is 2.58 bits per heavy atom. The maximum absolute atomic E-state index is 12.9. The van der Waals surface area contributed by atoms with Gasteiger partial charge in [0.25, 0.3) is 5.91 Å². The van der Waals surface area contributed by atoms with Crippen molar-refractivity contribution >= 4 is 40.3 Å². The van der Waals surface area contributed by atoms with Gasteiger partial charge in [0.1, 0.15) is 17.2 Å². The van der Waals surface area contributed by atoms with E-state index in [0.29, 0.717) is 42.5 Å². The highest BCUT2D eigenvalue weighted by Crippen LogP contribution is 2.35. The highest BCUT2D eigenvalue weighted by Gasteiger charge is 2.38. The summed E-state index contributed by atoms with van der Waals surface area (Å²) in [5.74, 6) is 1.07. The van der Waals surface area contributed by atoms with Crippen LogP contribution in [0.5, 0.6) is 0 Å². The van der Waals surface area contributed by atoms with Gasteiger partial charge in [0.15, 0.2) is 0 Å². The van der Waals surface area contributed by atoms with Crippen molar-refractivity contribution in [2.45, 2.75) is 63.1 Å². The fourth-order valence-electron chi connectivity index (χ4n) is 6.07. The minimum Gasteiger partial charge on any atom is -0.354 e. The Bertz CT molecular complexity index is 1300. The first-order valence-electron chi connectivity index (χ1n) is 12.9. The maximum atomic E-state index is 12.9. The Morgan fingerprint density at radius 2 is 1.83 bits per heavy atom. The number of likely N-dealkylation sites (N-methyl/N-ethyl adjacent to an activating group) is 1. The zero-order valence-electron chi connectivity index (χ0n) is 20.8. The highest BCUT2D eigenvalue weighted by molar-refractivity contribution is 5.98. The molecule has 0 radical (unpaired) electrons. The number of hydrogen-bond acceptors (Lipinski definition) is 7. The van der Waals surface area contributed by atoms with Crippen LogP contribution in [0.3, 0.4) is 0 Å². The molecule has 2 amide bonds. The lowest BCUT2D eigenvalue weighted by molar-refractivity contribution is -0.119. The Labute approximate surface area is 210 Å². The highest BCUT2D eigenvalue weighted by atomic mass is 16.2. The summed E-state index contributed by atoms with van der Waals surface area (Å²) in [7, 11) is 3.77. The number of carbonyl (C=O) groups is 2. The molecule has 1 saturated carbocycles. The summed E-state index contributed by atoms with van der Waals surface area (Å²) in [5.41, 5.74) is 2.19. The zero-order valence-corrected chi connectivity index (χ0v) is 20.8. The molecule has 3 aromatic heterocycles. The first kappa shape index (κ1) is 22.9. The molecule has 3 aliphatic rings. The summed E-state index contributed by atoms with van der Waals surface area (Å²) in [6, 6.07) is 6.65. The summed E-state index contributed by atoms with van der Waals surface area (Å²) < 4.78 is 2.07. The monoisotopic (exact) mass is 488 g/mol. The SMILES string of the molecule is CNC(=O)c1cc2cnc(Nc3ccc(N4C[C@H]5CC[C@@H](CC4=O)N5C)cn3)nc2n1C1CCCC1. The first-order chi connectivity index (χ1) is 17.5. The molecule has 5 heterocycles. The molecule has 0 aromatic carbocycles. The summed E-state index contributed by atoms with van der Waals surface area (Å²) in [6.45, 7) is 0.700. The molecule has 2 N–H and O–H groups in total. The number of nitrogens with zero attached hydrogens (tertiary/aromatic N) is 6. The second-order valence-corrected chi connectivity index (χ2v) is 10.2. The van der Waals surface area contributed by atoms with E-state index in [0.717, 1.165) is 55.2 Å². The molecule has 10 heteroatoms. The van der Waals surface area contributed by atoms with Gasteiger partial charge in [-0.1, -0.05) is 12.8 Å².